The molecule has 3 aromatic heterocycles. The van der Waals surface area contributed by atoms with Crippen molar-refractivity contribution in [2.24, 2.45) is 11.8 Å². The summed E-state index contributed by atoms with van der Waals surface area (Å²) in [5, 5.41) is 2.90. The van der Waals surface area contributed by atoms with Crippen LogP contribution in [0.15, 0.2) is 41.1 Å². The van der Waals surface area contributed by atoms with Gasteiger partial charge in [-0.05, 0) is 101 Å². The molecule has 3 heterocycles. The van der Waals surface area contributed by atoms with Crippen LogP contribution < -0.4 is 15.0 Å². The fourth-order valence-electron chi connectivity index (χ4n) is 6.80. The summed E-state index contributed by atoms with van der Waals surface area (Å²) in [5.74, 6) is 3.47. The van der Waals surface area contributed by atoms with Crippen molar-refractivity contribution in [1.82, 2.24) is 20.3 Å². The highest BCUT2D eigenvalue weighted by atomic mass is 16.5. The second-order valence-electron chi connectivity index (χ2n) is 12.6. The van der Waals surface area contributed by atoms with Gasteiger partial charge in [-0.25, -0.2) is 14.8 Å². The fraction of sp³-hybridized carbons (Fsp3) is 0.559. The molecule has 0 radical (unpaired) electrons. The second kappa shape index (κ2) is 13.4. The number of aryl methyl sites for hydroxylation is 1. The number of rotatable bonds is 9. The standard InChI is InChI=1S/C34H43N5O5/c1-21-30(42-2)15-14-28(36-21)23-6-4-22(5-7-23)19-39(33(40)25-10-12-27(13-11-25)37-34(41)43-3)31-18-26(16-17-35-31)29-20-44-32(38-29)24-8-9-24/h14-18,20,22-25,27H,4-13,19H2,1-3H3,(H,37,41). The minimum absolute atomic E-state index is 0.0275. The van der Waals surface area contributed by atoms with Crippen LogP contribution in [0.4, 0.5) is 10.6 Å². The molecule has 10 heteroatoms. The zero-order valence-corrected chi connectivity index (χ0v) is 26.0. The van der Waals surface area contributed by atoms with E-state index in [0.717, 1.165) is 85.7 Å². The number of hydrogen-bond donors (Lipinski definition) is 1. The first-order valence-corrected chi connectivity index (χ1v) is 16.0. The summed E-state index contributed by atoms with van der Waals surface area (Å²) in [5.41, 5.74) is 3.72. The van der Waals surface area contributed by atoms with Gasteiger partial charge < -0.3 is 19.2 Å². The number of alkyl carbamates (subject to hydrolysis) is 1. The van der Waals surface area contributed by atoms with Crippen molar-refractivity contribution >= 4 is 17.8 Å². The van der Waals surface area contributed by atoms with Crippen LogP contribution in [-0.4, -0.2) is 53.8 Å². The predicted octanol–water partition coefficient (Wildman–Crippen LogP) is 6.55. The van der Waals surface area contributed by atoms with E-state index in [1.165, 1.54) is 7.11 Å². The molecular formula is C34H43N5O5. The average Bonchev–Trinajstić information content (AvgIpc) is 3.79. The molecule has 0 unspecified atom stereocenters. The molecular weight excluding hydrogens is 558 g/mol. The van der Waals surface area contributed by atoms with Gasteiger partial charge in [0, 0.05) is 47.8 Å². The van der Waals surface area contributed by atoms with Gasteiger partial charge >= 0.3 is 6.09 Å². The van der Waals surface area contributed by atoms with Crippen LogP contribution in [0.5, 0.6) is 5.75 Å². The summed E-state index contributed by atoms with van der Waals surface area (Å²) in [7, 11) is 3.05. The Kier molecular flexibility index (Phi) is 9.14. The molecule has 3 aliphatic rings. The summed E-state index contributed by atoms with van der Waals surface area (Å²) in [4.78, 5) is 42.1. The summed E-state index contributed by atoms with van der Waals surface area (Å²) in [6.45, 7) is 2.62. The van der Waals surface area contributed by atoms with E-state index < -0.39 is 6.09 Å². The first-order chi connectivity index (χ1) is 21.4. The molecule has 0 aromatic carbocycles. The molecule has 3 fully saturated rings. The van der Waals surface area contributed by atoms with E-state index >= 15 is 0 Å². The summed E-state index contributed by atoms with van der Waals surface area (Å²) in [6.07, 6.45) is 12.3. The Morgan fingerprint density at radius 3 is 2.39 bits per heavy atom. The number of pyridine rings is 2. The Labute approximate surface area is 259 Å². The number of methoxy groups -OCH3 is 2. The van der Waals surface area contributed by atoms with Crippen LogP contribution in [0.2, 0.25) is 0 Å². The lowest BCUT2D eigenvalue weighted by molar-refractivity contribution is -0.123. The van der Waals surface area contributed by atoms with E-state index in [1.807, 2.05) is 30.0 Å². The van der Waals surface area contributed by atoms with Gasteiger partial charge in [-0.2, -0.15) is 0 Å². The van der Waals surface area contributed by atoms with Crippen LogP contribution in [0.1, 0.15) is 93.3 Å². The van der Waals surface area contributed by atoms with Gasteiger partial charge in [0.15, 0.2) is 5.89 Å². The normalized spacial score (nSPS) is 23.5. The van der Waals surface area contributed by atoms with Crippen molar-refractivity contribution in [2.45, 2.75) is 89.0 Å². The molecule has 0 spiro atoms. The maximum atomic E-state index is 14.2. The van der Waals surface area contributed by atoms with Gasteiger partial charge in [0.25, 0.3) is 0 Å². The Morgan fingerprint density at radius 1 is 0.955 bits per heavy atom. The SMILES string of the molecule is COC(=O)NC1CCC(C(=O)N(CC2CCC(c3ccc(OC)c(C)n3)CC2)c2cc(-c3coc(C4CC4)n3)ccn2)CC1. The van der Waals surface area contributed by atoms with E-state index in [0.29, 0.717) is 43.0 Å². The van der Waals surface area contributed by atoms with E-state index in [1.54, 1.807) is 19.6 Å². The van der Waals surface area contributed by atoms with Gasteiger partial charge in [0.05, 0.1) is 19.9 Å². The third kappa shape index (κ3) is 6.89. The van der Waals surface area contributed by atoms with Gasteiger partial charge in [-0.1, -0.05) is 0 Å². The van der Waals surface area contributed by atoms with Crippen molar-refractivity contribution in [2.75, 3.05) is 25.7 Å². The highest BCUT2D eigenvalue weighted by molar-refractivity contribution is 5.94. The molecule has 10 nitrogen and oxygen atoms in total. The largest absolute Gasteiger partial charge is 0.495 e. The number of carbonyl (C=O) groups is 2. The summed E-state index contributed by atoms with van der Waals surface area (Å²) < 4.78 is 15.9. The highest BCUT2D eigenvalue weighted by Gasteiger charge is 2.34. The number of carbonyl (C=O) groups excluding carboxylic acids is 2. The fourth-order valence-corrected chi connectivity index (χ4v) is 6.80. The lowest BCUT2D eigenvalue weighted by Crippen LogP contribution is -2.44. The number of nitrogens with zero attached hydrogens (tertiary/aromatic N) is 4. The van der Waals surface area contributed by atoms with E-state index in [2.05, 4.69) is 11.4 Å². The average molecular weight is 602 g/mol. The van der Waals surface area contributed by atoms with Gasteiger partial charge in [-0.3, -0.25) is 14.7 Å². The third-order valence-electron chi connectivity index (χ3n) is 9.60. The number of ether oxygens (including phenoxy) is 2. The smallest absolute Gasteiger partial charge is 0.407 e. The molecule has 0 bridgehead atoms. The summed E-state index contributed by atoms with van der Waals surface area (Å²) >= 11 is 0. The Bertz CT molecular complexity index is 1450. The van der Waals surface area contributed by atoms with Crippen molar-refractivity contribution in [3.05, 3.63) is 54.0 Å². The minimum atomic E-state index is -0.421. The Balaban J connectivity index is 1.17. The lowest BCUT2D eigenvalue weighted by atomic mass is 9.79. The highest BCUT2D eigenvalue weighted by Crippen LogP contribution is 2.41. The molecule has 0 atom stereocenters. The number of aromatic nitrogens is 3. The monoisotopic (exact) mass is 601 g/mol. The predicted molar refractivity (Wildman–Crippen MR) is 166 cm³/mol. The topological polar surface area (TPSA) is 120 Å². The molecule has 44 heavy (non-hydrogen) atoms. The van der Waals surface area contributed by atoms with Crippen LogP contribution >= 0.6 is 0 Å². The molecule has 234 valence electrons. The van der Waals surface area contributed by atoms with E-state index in [-0.39, 0.29) is 17.9 Å². The lowest BCUT2D eigenvalue weighted by Gasteiger charge is -2.35. The van der Waals surface area contributed by atoms with Crippen LogP contribution in [0.25, 0.3) is 11.3 Å². The minimum Gasteiger partial charge on any atom is -0.495 e. The van der Waals surface area contributed by atoms with Crippen LogP contribution in [-0.2, 0) is 9.53 Å². The number of nitrogens with one attached hydrogen (secondary N) is 1. The van der Waals surface area contributed by atoms with Crippen molar-refractivity contribution in [1.29, 1.82) is 0 Å². The first-order valence-electron chi connectivity index (χ1n) is 16.0. The quantitative estimate of drug-likeness (QED) is 0.293. The Hall–Kier alpha value is -3.95. The van der Waals surface area contributed by atoms with Gasteiger partial charge in [-0.15, -0.1) is 0 Å². The van der Waals surface area contributed by atoms with Gasteiger partial charge in [0.1, 0.15) is 23.5 Å². The van der Waals surface area contributed by atoms with E-state index in [9.17, 15) is 9.59 Å². The first kappa shape index (κ1) is 30.1. The molecule has 3 saturated carbocycles. The van der Waals surface area contributed by atoms with E-state index in [4.69, 9.17) is 28.8 Å². The molecule has 6 rings (SSSR count). The molecule has 0 aliphatic heterocycles. The molecule has 3 aromatic rings. The maximum Gasteiger partial charge on any atom is 0.407 e. The third-order valence-corrected chi connectivity index (χ3v) is 9.60. The summed E-state index contributed by atoms with van der Waals surface area (Å²) in [6, 6.07) is 8.04. The maximum absolute atomic E-state index is 14.2. The van der Waals surface area contributed by atoms with Crippen LogP contribution in [0, 0.1) is 18.8 Å². The number of amides is 2. The van der Waals surface area contributed by atoms with Crippen LogP contribution in [0.3, 0.4) is 0 Å². The Morgan fingerprint density at radius 2 is 1.70 bits per heavy atom. The second-order valence-corrected chi connectivity index (χ2v) is 12.6. The number of anilines is 1. The number of hydrogen-bond acceptors (Lipinski definition) is 8. The van der Waals surface area contributed by atoms with Crippen molar-refractivity contribution in [3.8, 4) is 17.0 Å². The van der Waals surface area contributed by atoms with Crippen molar-refractivity contribution < 1.29 is 23.5 Å². The molecule has 1 N–H and O–H groups in total. The van der Waals surface area contributed by atoms with Gasteiger partial charge in [0.2, 0.25) is 5.91 Å². The zero-order chi connectivity index (χ0) is 30.6. The molecule has 3 aliphatic carbocycles. The number of oxazole rings is 1. The molecule has 2 amide bonds. The molecule has 0 saturated heterocycles. The zero-order valence-electron chi connectivity index (χ0n) is 26.0. The van der Waals surface area contributed by atoms with Crippen molar-refractivity contribution in [3.63, 3.8) is 0 Å².